The SMILES string of the molecule is CCC(=O)N(Cc1cc(C)cc(C)c1)C1CCN(CCc2c(C)cc(O)cc2C)CC1.Cl. The number of aryl methyl sites for hydroxylation is 4. The fraction of sp³-hybridized carbons (Fsp3) is 0.519. The zero-order chi connectivity index (χ0) is 22.5. The Morgan fingerprint density at radius 2 is 1.56 bits per heavy atom. The van der Waals surface area contributed by atoms with Crippen molar-refractivity contribution in [2.75, 3.05) is 19.6 Å². The highest BCUT2D eigenvalue weighted by atomic mass is 35.5. The van der Waals surface area contributed by atoms with Crippen LogP contribution in [0.1, 0.15) is 59.6 Å². The van der Waals surface area contributed by atoms with Gasteiger partial charge in [-0.2, -0.15) is 0 Å². The second-order valence-corrected chi connectivity index (χ2v) is 9.25. The van der Waals surface area contributed by atoms with Gasteiger partial charge in [-0.1, -0.05) is 36.2 Å². The number of piperidine rings is 1. The van der Waals surface area contributed by atoms with E-state index in [-0.39, 0.29) is 18.3 Å². The Morgan fingerprint density at radius 3 is 2.09 bits per heavy atom. The number of phenols is 1. The molecule has 0 atom stereocenters. The predicted molar refractivity (Wildman–Crippen MR) is 135 cm³/mol. The molecule has 0 bridgehead atoms. The highest BCUT2D eigenvalue weighted by Gasteiger charge is 2.27. The maximum atomic E-state index is 12.8. The van der Waals surface area contributed by atoms with Crippen molar-refractivity contribution in [1.82, 2.24) is 9.80 Å². The van der Waals surface area contributed by atoms with Gasteiger partial charge in [0.15, 0.2) is 0 Å². The molecule has 5 heteroatoms. The van der Waals surface area contributed by atoms with Crippen molar-refractivity contribution in [2.24, 2.45) is 0 Å². The fourth-order valence-corrected chi connectivity index (χ4v) is 5.07. The van der Waals surface area contributed by atoms with E-state index in [9.17, 15) is 9.90 Å². The summed E-state index contributed by atoms with van der Waals surface area (Å²) in [6.45, 7) is 14.2. The smallest absolute Gasteiger partial charge is 0.222 e. The molecule has 176 valence electrons. The molecule has 0 aromatic heterocycles. The molecule has 0 saturated carbocycles. The van der Waals surface area contributed by atoms with E-state index in [0.717, 1.165) is 38.9 Å². The average Bonchev–Trinajstić information content (AvgIpc) is 2.70. The molecule has 0 aliphatic carbocycles. The minimum atomic E-state index is 0. The number of aromatic hydroxyl groups is 1. The molecule has 1 amide bonds. The maximum absolute atomic E-state index is 12.8. The van der Waals surface area contributed by atoms with Crippen LogP contribution >= 0.6 is 12.4 Å². The number of halogens is 1. The molecule has 2 aromatic rings. The lowest BCUT2D eigenvalue weighted by Gasteiger charge is -2.39. The minimum Gasteiger partial charge on any atom is -0.508 e. The second kappa shape index (κ2) is 11.7. The summed E-state index contributed by atoms with van der Waals surface area (Å²) in [5.74, 6) is 0.608. The Morgan fingerprint density at radius 1 is 1.00 bits per heavy atom. The van der Waals surface area contributed by atoms with Gasteiger partial charge in [0.25, 0.3) is 0 Å². The van der Waals surface area contributed by atoms with Gasteiger partial charge < -0.3 is 14.9 Å². The summed E-state index contributed by atoms with van der Waals surface area (Å²) in [5.41, 5.74) is 7.43. The molecule has 1 saturated heterocycles. The van der Waals surface area contributed by atoms with Gasteiger partial charge in [0, 0.05) is 38.6 Å². The molecular formula is C27H39ClN2O2. The van der Waals surface area contributed by atoms with E-state index in [1.807, 2.05) is 19.1 Å². The van der Waals surface area contributed by atoms with Gasteiger partial charge in [-0.05, 0) is 81.3 Å². The van der Waals surface area contributed by atoms with E-state index in [4.69, 9.17) is 0 Å². The first-order valence-corrected chi connectivity index (χ1v) is 11.6. The topological polar surface area (TPSA) is 43.8 Å². The van der Waals surface area contributed by atoms with Gasteiger partial charge in [-0.15, -0.1) is 12.4 Å². The molecule has 0 radical (unpaired) electrons. The molecule has 1 aliphatic rings. The lowest BCUT2D eigenvalue weighted by molar-refractivity contribution is -0.135. The van der Waals surface area contributed by atoms with E-state index < -0.39 is 0 Å². The molecule has 1 aliphatic heterocycles. The van der Waals surface area contributed by atoms with E-state index in [1.165, 1.54) is 33.4 Å². The van der Waals surface area contributed by atoms with Crippen molar-refractivity contribution in [3.63, 3.8) is 0 Å². The zero-order valence-corrected chi connectivity index (χ0v) is 21.1. The van der Waals surface area contributed by atoms with Crippen molar-refractivity contribution >= 4 is 18.3 Å². The number of rotatable bonds is 7. The first kappa shape index (κ1) is 26.2. The van der Waals surface area contributed by atoms with Crippen molar-refractivity contribution < 1.29 is 9.90 Å². The number of nitrogens with zero attached hydrogens (tertiary/aromatic N) is 2. The van der Waals surface area contributed by atoms with Crippen LogP contribution in [0.5, 0.6) is 5.75 Å². The molecule has 3 rings (SSSR count). The van der Waals surface area contributed by atoms with Gasteiger partial charge in [-0.25, -0.2) is 0 Å². The Balaban J connectivity index is 0.00000363. The summed E-state index contributed by atoms with van der Waals surface area (Å²) in [6.07, 6.45) is 3.63. The molecule has 2 aromatic carbocycles. The van der Waals surface area contributed by atoms with Crippen LogP contribution in [0.25, 0.3) is 0 Å². The third-order valence-corrected chi connectivity index (χ3v) is 6.61. The lowest BCUT2D eigenvalue weighted by atomic mass is 9.97. The van der Waals surface area contributed by atoms with Gasteiger partial charge in [0.1, 0.15) is 5.75 Å². The van der Waals surface area contributed by atoms with E-state index in [1.54, 1.807) is 0 Å². The second-order valence-electron chi connectivity index (χ2n) is 9.25. The highest BCUT2D eigenvalue weighted by Crippen LogP contribution is 2.24. The van der Waals surface area contributed by atoms with Crippen LogP contribution in [0.2, 0.25) is 0 Å². The standard InChI is InChI=1S/C27H38N2O2.ClH/c1-6-27(31)29(18-23-14-19(2)13-20(3)15-23)24-7-10-28(11-8-24)12-9-26-21(4)16-25(30)17-22(26)5;/h13-17,24,30H,6-12,18H2,1-5H3;1H. The Hall–Kier alpha value is -2.04. The number of likely N-dealkylation sites (tertiary alicyclic amines) is 1. The zero-order valence-electron chi connectivity index (χ0n) is 20.3. The number of carbonyl (C=O) groups is 1. The van der Waals surface area contributed by atoms with Crippen molar-refractivity contribution in [2.45, 2.75) is 72.9 Å². The molecule has 32 heavy (non-hydrogen) atoms. The lowest BCUT2D eigenvalue weighted by Crippen LogP contribution is -2.47. The Labute approximate surface area is 200 Å². The quantitative estimate of drug-likeness (QED) is 0.596. The maximum Gasteiger partial charge on any atom is 0.222 e. The molecule has 1 heterocycles. The highest BCUT2D eigenvalue weighted by molar-refractivity contribution is 5.85. The molecular weight excluding hydrogens is 420 g/mol. The van der Waals surface area contributed by atoms with Crippen LogP contribution in [-0.2, 0) is 17.8 Å². The third kappa shape index (κ3) is 6.73. The largest absolute Gasteiger partial charge is 0.508 e. The van der Waals surface area contributed by atoms with Crippen molar-refractivity contribution in [3.8, 4) is 5.75 Å². The van der Waals surface area contributed by atoms with E-state index in [0.29, 0.717) is 24.8 Å². The monoisotopic (exact) mass is 458 g/mol. The van der Waals surface area contributed by atoms with Crippen LogP contribution in [0.15, 0.2) is 30.3 Å². The predicted octanol–water partition coefficient (Wildman–Crippen LogP) is 5.49. The summed E-state index contributed by atoms with van der Waals surface area (Å²) >= 11 is 0. The Bertz CT molecular complexity index is 877. The minimum absolute atomic E-state index is 0. The van der Waals surface area contributed by atoms with Gasteiger partial charge in [0.2, 0.25) is 5.91 Å². The summed E-state index contributed by atoms with van der Waals surface area (Å²) in [7, 11) is 0. The summed E-state index contributed by atoms with van der Waals surface area (Å²) in [5, 5.41) is 9.77. The average molecular weight is 459 g/mol. The number of carbonyl (C=O) groups excluding carboxylic acids is 1. The first-order chi connectivity index (χ1) is 14.8. The molecule has 0 spiro atoms. The number of amides is 1. The number of phenolic OH excluding ortho intramolecular Hbond substituents is 1. The normalized spacial score (nSPS) is 14.8. The van der Waals surface area contributed by atoms with E-state index in [2.05, 4.69) is 55.7 Å². The first-order valence-electron chi connectivity index (χ1n) is 11.6. The summed E-state index contributed by atoms with van der Waals surface area (Å²) < 4.78 is 0. The van der Waals surface area contributed by atoms with Crippen LogP contribution < -0.4 is 0 Å². The molecule has 0 unspecified atom stereocenters. The third-order valence-electron chi connectivity index (χ3n) is 6.61. The molecule has 1 fully saturated rings. The van der Waals surface area contributed by atoms with Crippen molar-refractivity contribution in [1.29, 1.82) is 0 Å². The summed E-state index contributed by atoms with van der Waals surface area (Å²) in [4.78, 5) is 17.4. The Kier molecular flexibility index (Phi) is 9.60. The number of hydrogen-bond donors (Lipinski definition) is 1. The van der Waals surface area contributed by atoms with Gasteiger partial charge in [-0.3, -0.25) is 4.79 Å². The molecule has 1 N–H and O–H groups in total. The van der Waals surface area contributed by atoms with Crippen LogP contribution in [0.3, 0.4) is 0 Å². The van der Waals surface area contributed by atoms with E-state index >= 15 is 0 Å². The van der Waals surface area contributed by atoms with Gasteiger partial charge >= 0.3 is 0 Å². The van der Waals surface area contributed by atoms with Crippen molar-refractivity contribution in [3.05, 3.63) is 63.7 Å². The number of benzene rings is 2. The summed E-state index contributed by atoms with van der Waals surface area (Å²) in [6, 6.07) is 10.6. The van der Waals surface area contributed by atoms with Crippen LogP contribution in [0.4, 0.5) is 0 Å². The van der Waals surface area contributed by atoms with Crippen LogP contribution in [0, 0.1) is 27.7 Å². The van der Waals surface area contributed by atoms with Crippen LogP contribution in [-0.4, -0.2) is 46.5 Å². The molecule has 4 nitrogen and oxygen atoms in total. The van der Waals surface area contributed by atoms with Gasteiger partial charge in [0.05, 0.1) is 0 Å². The number of hydrogen-bond acceptors (Lipinski definition) is 3. The fourth-order valence-electron chi connectivity index (χ4n) is 5.07.